The maximum atomic E-state index is 12.4. The summed E-state index contributed by atoms with van der Waals surface area (Å²) in [6.45, 7) is -2.65. The minimum atomic E-state index is -2.94. The summed E-state index contributed by atoms with van der Waals surface area (Å²) in [5.74, 6) is 0.823. The Morgan fingerprint density at radius 3 is 2.79 bits per heavy atom. The number of hydrogen-bond donors (Lipinski definition) is 0. The average molecular weight is 423 g/mol. The lowest BCUT2D eigenvalue weighted by atomic mass is 10.2. The number of benzene rings is 1. The highest BCUT2D eigenvalue weighted by molar-refractivity contribution is 7.08. The fraction of sp³-hybridized carbons (Fsp3) is 0.316. The quantitative estimate of drug-likeness (QED) is 0.518. The van der Waals surface area contributed by atoms with Crippen molar-refractivity contribution in [2.24, 2.45) is 0 Å². The van der Waals surface area contributed by atoms with E-state index in [-0.39, 0.29) is 30.4 Å². The van der Waals surface area contributed by atoms with E-state index in [0.29, 0.717) is 18.2 Å². The van der Waals surface area contributed by atoms with E-state index in [4.69, 9.17) is 9.15 Å². The highest BCUT2D eigenvalue weighted by Gasteiger charge is 2.16. The molecular weight excluding hydrogens is 404 g/mol. The number of rotatable bonds is 9. The molecule has 2 heterocycles. The van der Waals surface area contributed by atoms with Crippen LogP contribution in [0.15, 0.2) is 39.4 Å². The number of alkyl halides is 2. The average Bonchev–Trinajstić information content (AvgIpc) is 3.38. The first-order chi connectivity index (χ1) is 14.0. The van der Waals surface area contributed by atoms with E-state index in [9.17, 15) is 13.6 Å². The summed E-state index contributed by atoms with van der Waals surface area (Å²) in [4.78, 5) is 13.9. The predicted octanol–water partition coefficient (Wildman–Crippen LogP) is 4.00. The SMILES string of the molecule is COc1cc(CN(C)C(=O)CCc2nnc(-c3ccsc3)o2)ccc1OC(F)F. The van der Waals surface area contributed by atoms with E-state index >= 15 is 0 Å². The molecule has 0 unspecified atom stereocenters. The molecule has 0 aliphatic heterocycles. The third-order valence-electron chi connectivity index (χ3n) is 4.08. The molecule has 0 saturated carbocycles. The summed E-state index contributed by atoms with van der Waals surface area (Å²) in [6, 6.07) is 6.44. The molecule has 0 spiro atoms. The lowest BCUT2D eigenvalue weighted by Gasteiger charge is -2.18. The highest BCUT2D eigenvalue weighted by atomic mass is 32.1. The number of ether oxygens (including phenoxy) is 2. The van der Waals surface area contributed by atoms with Gasteiger partial charge in [-0.3, -0.25) is 4.79 Å². The molecule has 2 aromatic heterocycles. The lowest BCUT2D eigenvalue weighted by molar-refractivity contribution is -0.130. The molecule has 0 aliphatic rings. The summed E-state index contributed by atoms with van der Waals surface area (Å²) in [5.41, 5.74) is 1.57. The number of aryl methyl sites for hydroxylation is 1. The monoisotopic (exact) mass is 423 g/mol. The molecule has 10 heteroatoms. The van der Waals surface area contributed by atoms with Gasteiger partial charge in [0.15, 0.2) is 11.5 Å². The van der Waals surface area contributed by atoms with Crippen LogP contribution in [0.2, 0.25) is 0 Å². The third-order valence-corrected chi connectivity index (χ3v) is 4.76. The Bertz CT molecular complexity index is 947. The van der Waals surface area contributed by atoms with Crippen molar-refractivity contribution in [3.8, 4) is 23.0 Å². The van der Waals surface area contributed by atoms with Crippen LogP contribution in [0.1, 0.15) is 17.9 Å². The van der Waals surface area contributed by atoms with Gasteiger partial charge in [-0.15, -0.1) is 10.2 Å². The van der Waals surface area contributed by atoms with Gasteiger partial charge in [0, 0.05) is 37.4 Å². The van der Waals surface area contributed by atoms with Crippen molar-refractivity contribution in [1.29, 1.82) is 0 Å². The van der Waals surface area contributed by atoms with E-state index in [2.05, 4.69) is 14.9 Å². The van der Waals surface area contributed by atoms with Crippen LogP contribution in [-0.2, 0) is 17.8 Å². The van der Waals surface area contributed by atoms with Crippen molar-refractivity contribution < 1.29 is 27.5 Å². The molecule has 0 fully saturated rings. The van der Waals surface area contributed by atoms with Crippen molar-refractivity contribution in [2.45, 2.75) is 26.0 Å². The second kappa shape index (κ2) is 9.46. The largest absolute Gasteiger partial charge is 0.493 e. The first kappa shape index (κ1) is 20.7. The Morgan fingerprint density at radius 2 is 2.10 bits per heavy atom. The zero-order chi connectivity index (χ0) is 20.8. The fourth-order valence-electron chi connectivity index (χ4n) is 2.63. The molecule has 1 amide bonds. The van der Waals surface area contributed by atoms with Crippen molar-refractivity contribution in [3.05, 3.63) is 46.5 Å². The second-order valence-corrected chi connectivity index (χ2v) is 6.91. The van der Waals surface area contributed by atoms with Crippen molar-refractivity contribution in [2.75, 3.05) is 14.2 Å². The van der Waals surface area contributed by atoms with Crippen LogP contribution in [0.3, 0.4) is 0 Å². The molecule has 0 saturated heterocycles. The van der Waals surface area contributed by atoms with Gasteiger partial charge in [0.25, 0.3) is 0 Å². The zero-order valence-corrected chi connectivity index (χ0v) is 16.6. The number of nitrogens with zero attached hydrogens (tertiary/aromatic N) is 3. The zero-order valence-electron chi connectivity index (χ0n) is 15.8. The van der Waals surface area contributed by atoms with E-state index < -0.39 is 6.61 Å². The van der Waals surface area contributed by atoms with Gasteiger partial charge in [-0.05, 0) is 29.1 Å². The van der Waals surface area contributed by atoms with Crippen LogP contribution in [0.5, 0.6) is 11.5 Å². The molecule has 0 radical (unpaired) electrons. The fourth-order valence-corrected chi connectivity index (χ4v) is 3.26. The second-order valence-electron chi connectivity index (χ2n) is 6.13. The minimum absolute atomic E-state index is 0.0574. The summed E-state index contributed by atoms with van der Waals surface area (Å²) in [5, 5.41) is 11.8. The van der Waals surface area contributed by atoms with Gasteiger partial charge in [-0.25, -0.2) is 0 Å². The molecule has 3 rings (SSSR count). The van der Waals surface area contributed by atoms with Gasteiger partial charge in [-0.1, -0.05) is 6.07 Å². The van der Waals surface area contributed by atoms with Gasteiger partial charge in [-0.2, -0.15) is 20.1 Å². The Kier molecular flexibility index (Phi) is 6.76. The number of carbonyl (C=O) groups excluding carboxylic acids is 1. The molecule has 29 heavy (non-hydrogen) atoms. The summed E-state index contributed by atoms with van der Waals surface area (Å²) < 4.78 is 39.9. The molecular formula is C19H19F2N3O4S. The molecule has 0 aliphatic carbocycles. The molecule has 7 nitrogen and oxygen atoms in total. The normalized spacial score (nSPS) is 10.9. The summed E-state index contributed by atoms with van der Waals surface area (Å²) in [7, 11) is 3.02. The first-order valence-corrected chi connectivity index (χ1v) is 9.61. The van der Waals surface area contributed by atoms with Crippen LogP contribution >= 0.6 is 11.3 Å². The molecule has 0 atom stereocenters. The van der Waals surface area contributed by atoms with Crippen LogP contribution in [-0.4, -0.2) is 41.8 Å². The summed E-state index contributed by atoms with van der Waals surface area (Å²) in [6.07, 6.45) is 0.524. The standard InChI is InChI=1S/C19H19F2N3O4S/c1-24(10-12-3-4-14(27-19(20)21)15(9-12)26-2)17(25)6-5-16-22-23-18(28-16)13-7-8-29-11-13/h3-4,7-9,11,19H,5-6,10H2,1-2H3. The number of hydrogen-bond acceptors (Lipinski definition) is 7. The molecule has 0 N–H and O–H groups in total. The number of methoxy groups -OCH3 is 1. The van der Waals surface area contributed by atoms with Gasteiger partial charge in [0.1, 0.15) is 0 Å². The highest BCUT2D eigenvalue weighted by Crippen LogP contribution is 2.30. The number of halogens is 2. The van der Waals surface area contributed by atoms with Crippen molar-refractivity contribution in [1.82, 2.24) is 15.1 Å². The van der Waals surface area contributed by atoms with Crippen molar-refractivity contribution in [3.63, 3.8) is 0 Å². The number of aromatic nitrogens is 2. The summed E-state index contributed by atoms with van der Waals surface area (Å²) >= 11 is 1.53. The molecule has 1 aromatic carbocycles. The maximum Gasteiger partial charge on any atom is 0.387 e. The van der Waals surface area contributed by atoms with Gasteiger partial charge >= 0.3 is 6.61 Å². The minimum Gasteiger partial charge on any atom is -0.493 e. The van der Waals surface area contributed by atoms with E-state index in [0.717, 1.165) is 11.1 Å². The maximum absolute atomic E-state index is 12.4. The van der Waals surface area contributed by atoms with Gasteiger partial charge < -0.3 is 18.8 Å². The van der Waals surface area contributed by atoms with Crippen LogP contribution < -0.4 is 9.47 Å². The predicted molar refractivity (Wildman–Crippen MR) is 102 cm³/mol. The molecule has 154 valence electrons. The van der Waals surface area contributed by atoms with Gasteiger partial charge in [0.05, 0.1) is 7.11 Å². The Labute approximate surface area is 169 Å². The Hall–Kier alpha value is -3.01. The number of thiophene rings is 1. The van der Waals surface area contributed by atoms with E-state index in [1.807, 2.05) is 16.8 Å². The van der Waals surface area contributed by atoms with Crippen LogP contribution in [0.25, 0.3) is 11.5 Å². The van der Waals surface area contributed by atoms with Crippen molar-refractivity contribution >= 4 is 17.2 Å². The Morgan fingerprint density at radius 1 is 1.28 bits per heavy atom. The Balaban J connectivity index is 1.55. The number of amides is 1. The lowest BCUT2D eigenvalue weighted by Crippen LogP contribution is -2.26. The first-order valence-electron chi connectivity index (χ1n) is 8.67. The molecule has 0 bridgehead atoms. The van der Waals surface area contributed by atoms with E-state index in [1.165, 1.54) is 29.4 Å². The third kappa shape index (κ3) is 5.50. The van der Waals surface area contributed by atoms with Crippen LogP contribution in [0, 0.1) is 0 Å². The topological polar surface area (TPSA) is 77.7 Å². The van der Waals surface area contributed by atoms with Crippen LogP contribution in [0.4, 0.5) is 8.78 Å². The molecule has 3 aromatic rings. The van der Waals surface area contributed by atoms with Gasteiger partial charge in [0.2, 0.25) is 17.7 Å². The number of carbonyl (C=O) groups is 1. The van der Waals surface area contributed by atoms with E-state index in [1.54, 1.807) is 19.2 Å². The smallest absolute Gasteiger partial charge is 0.387 e.